The summed E-state index contributed by atoms with van der Waals surface area (Å²) in [5.74, 6) is 0.642. The van der Waals surface area contributed by atoms with Gasteiger partial charge in [0, 0.05) is 12.6 Å². The van der Waals surface area contributed by atoms with E-state index >= 15 is 0 Å². The Morgan fingerprint density at radius 3 is 3.12 bits per heavy atom. The number of fused-ring (bicyclic) bond motifs is 1. The molecule has 0 aliphatic carbocycles. The van der Waals surface area contributed by atoms with Crippen molar-refractivity contribution in [1.82, 2.24) is 19.9 Å². The van der Waals surface area contributed by atoms with Gasteiger partial charge >= 0.3 is 0 Å². The quantitative estimate of drug-likeness (QED) is 0.706. The molecule has 2 rings (SSSR count). The van der Waals surface area contributed by atoms with E-state index in [-0.39, 0.29) is 17.9 Å². The second-order valence-electron chi connectivity index (χ2n) is 3.85. The third-order valence-electron chi connectivity index (χ3n) is 2.44. The summed E-state index contributed by atoms with van der Waals surface area (Å²) in [6, 6.07) is 0.194. The molecule has 2 aromatic heterocycles. The Bertz CT molecular complexity index is 500. The molecular formula is C10H14ClN5O. The number of aromatic amines is 1. The number of aromatic nitrogens is 4. The van der Waals surface area contributed by atoms with E-state index in [4.69, 9.17) is 16.7 Å². The summed E-state index contributed by atoms with van der Waals surface area (Å²) in [4.78, 5) is 15.1. The Kier molecular flexibility index (Phi) is 3.75. The van der Waals surface area contributed by atoms with Crippen molar-refractivity contribution in [1.29, 1.82) is 0 Å². The van der Waals surface area contributed by atoms with Gasteiger partial charge in [0.1, 0.15) is 5.52 Å². The number of H-pyrrole nitrogens is 1. The fourth-order valence-corrected chi connectivity index (χ4v) is 1.78. The van der Waals surface area contributed by atoms with Crippen molar-refractivity contribution >= 4 is 28.6 Å². The zero-order chi connectivity index (χ0) is 12.3. The fraction of sp³-hybridized carbons (Fsp3) is 0.500. The minimum absolute atomic E-state index is 0.168. The van der Waals surface area contributed by atoms with E-state index in [1.807, 2.05) is 6.92 Å². The molecule has 0 bridgehead atoms. The number of anilines is 1. The zero-order valence-corrected chi connectivity index (χ0v) is 10.2. The summed E-state index contributed by atoms with van der Waals surface area (Å²) in [5, 5.41) is 12.2. The van der Waals surface area contributed by atoms with Crippen LogP contribution in [0.15, 0.2) is 6.33 Å². The third-order valence-corrected chi connectivity index (χ3v) is 2.61. The first-order valence-electron chi connectivity index (χ1n) is 5.44. The van der Waals surface area contributed by atoms with Crippen LogP contribution in [-0.2, 0) is 0 Å². The second kappa shape index (κ2) is 5.29. The molecular weight excluding hydrogens is 242 g/mol. The van der Waals surface area contributed by atoms with Gasteiger partial charge in [-0.2, -0.15) is 9.97 Å². The van der Waals surface area contributed by atoms with Gasteiger partial charge in [-0.3, -0.25) is 0 Å². The van der Waals surface area contributed by atoms with Crippen LogP contribution in [0.5, 0.6) is 0 Å². The van der Waals surface area contributed by atoms with E-state index in [1.165, 1.54) is 0 Å². The topological polar surface area (TPSA) is 86.7 Å². The molecule has 0 aliphatic rings. The molecule has 6 nitrogen and oxygen atoms in total. The minimum Gasteiger partial charge on any atom is -0.396 e. The molecule has 1 atom stereocenters. The number of hydrogen-bond donors (Lipinski definition) is 3. The molecule has 0 fully saturated rings. The van der Waals surface area contributed by atoms with Crippen molar-refractivity contribution in [2.24, 2.45) is 0 Å². The maximum absolute atomic E-state index is 8.77. The van der Waals surface area contributed by atoms with Crippen molar-refractivity contribution < 1.29 is 5.11 Å². The standard InChI is InChI=1S/C10H14ClN5O/c1-6(3-2-4-17)14-9-7-8(13-5-12-7)15-10(11)16-9/h5-6,17H,2-4H2,1H3,(H2,12,13,14,15,16). The number of imidazole rings is 1. The molecule has 0 saturated heterocycles. The van der Waals surface area contributed by atoms with Crippen LogP contribution in [0.2, 0.25) is 5.28 Å². The first-order chi connectivity index (χ1) is 8.20. The molecule has 2 heterocycles. The van der Waals surface area contributed by atoms with E-state index in [0.717, 1.165) is 18.4 Å². The molecule has 1 unspecified atom stereocenters. The van der Waals surface area contributed by atoms with Crippen molar-refractivity contribution in [2.45, 2.75) is 25.8 Å². The van der Waals surface area contributed by atoms with Gasteiger partial charge in [-0.1, -0.05) is 0 Å². The van der Waals surface area contributed by atoms with Crippen LogP contribution in [0, 0.1) is 0 Å². The van der Waals surface area contributed by atoms with E-state index in [0.29, 0.717) is 11.5 Å². The molecule has 0 radical (unpaired) electrons. The van der Waals surface area contributed by atoms with E-state index in [9.17, 15) is 0 Å². The molecule has 0 spiro atoms. The first-order valence-corrected chi connectivity index (χ1v) is 5.82. The van der Waals surface area contributed by atoms with Crippen LogP contribution in [-0.4, -0.2) is 37.7 Å². The summed E-state index contributed by atoms with van der Waals surface area (Å²) in [7, 11) is 0. The van der Waals surface area contributed by atoms with E-state index < -0.39 is 0 Å². The lowest BCUT2D eigenvalue weighted by Crippen LogP contribution is -2.17. The Morgan fingerprint density at radius 1 is 1.53 bits per heavy atom. The molecule has 7 heteroatoms. The molecule has 0 amide bonds. The molecule has 0 saturated carbocycles. The van der Waals surface area contributed by atoms with Gasteiger partial charge in [-0.15, -0.1) is 0 Å². The average Bonchev–Trinajstić information content (AvgIpc) is 2.74. The number of nitrogens with zero attached hydrogens (tertiary/aromatic N) is 3. The molecule has 3 N–H and O–H groups in total. The van der Waals surface area contributed by atoms with Crippen molar-refractivity contribution in [3.05, 3.63) is 11.6 Å². The number of rotatable bonds is 5. The predicted octanol–water partition coefficient (Wildman–Crippen LogP) is 1.58. The normalized spacial score (nSPS) is 12.9. The molecule has 2 aromatic rings. The van der Waals surface area contributed by atoms with Crippen LogP contribution in [0.4, 0.5) is 5.82 Å². The number of hydrogen-bond acceptors (Lipinski definition) is 5. The SMILES string of the molecule is CC(CCCO)Nc1nc(Cl)nc2nc[nH]c12. The van der Waals surface area contributed by atoms with Gasteiger partial charge in [0.25, 0.3) is 0 Å². The number of aliphatic hydroxyl groups excluding tert-OH is 1. The number of halogens is 1. The summed E-state index contributed by atoms with van der Waals surface area (Å²) >= 11 is 5.81. The van der Waals surface area contributed by atoms with Gasteiger partial charge in [0.2, 0.25) is 5.28 Å². The van der Waals surface area contributed by atoms with Gasteiger partial charge in [0.05, 0.1) is 6.33 Å². The lowest BCUT2D eigenvalue weighted by atomic mass is 10.2. The number of aliphatic hydroxyl groups is 1. The van der Waals surface area contributed by atoms with Crippen molar-refractivity contribution in [3.8, 4) is 0 Å². The third kappa shape index (κ3) is 2.83. The second-order valence-corrected chi connectivity index (χ2v) is 4.19. The van der Waals surface area contributed by atoms with Crippen LogP contribution < -0.4 is 5.32 Å². The van der Waals surface area contributed by atoms with Gasteiger partial charge in [-0.05, 0) is 31.4 Å². The zero-order valence-electron chi connectivity index (χ0n) is 9.44. The van der Waals surface area contributed by atoms with Gasteiger partial charge in [-0.25, -0.2) is 4.98 Å². The summed E-state index contributed by atoms with van der Waals surface area (Å²) < 4.78 is 0. The van der Waals surface area contributed by atoms with Gasteiger partial charge < -0.3 is 15.4 Å². The molecule has 0 aromatic carbocycles. The Morgan fingerprint density at radius 2 is 2.35 bits per heavy atom. The Hall–Kier alpha value is -1.40. The summed E-state index contributed by atoms with van der Waals surface area (Å²) in [6.45, 7) is 2.21. The summed E-state index contributed by atoms with van der Waals surface area (Å²) in [5.41, 5.74) is 1.28. The molecule has 92 valence electrons. The van der Waals surface area contributed by atoms with Crippen LogP contribution >= 0.6 is 11.6 Å². The minimum atomic E-state index is 0.168. The maximum atomic E-state index is 8.77. The van der Waals surface area contributed by atoms with Gasteiger partial charge in [0.15, 0.2) is 11.5 Å². The lowest BCUT2D eigenvalue weighted by molar-refractivity contribution is 0.282. The largest absolute Gasteiger partial charge is 0.396 e. The lowest BCUT2D eigenvalue weighted by Gasteiger charge is -2.14. The highest BCUT2D eigenvalue weighted by Gasteiger charge is 2.10. The summed E-state index contributed by atoms with van der Waals surface area (Å²) in [6.07, 6.45) is 3.16. The van der Waals surface area contributed by atoms with Crippen LogP contribution in [0.25, 0.3) is 11.2 Å². The number of nitrogens with one attached hydrogen (secondary N) is 2. The smallest absolute Gasteiger partial charge is 0.226 e. The van der Waals surface area contributed by atoms with Crippen LogP contribution in [0.1, 0.15) is 19.8 Å². The predicted molar refractivity (Wildman–Crippen MR) is 66.1 cm³/mol. The van der Waals surface area contributed by atoms with E-state index in [1.54, 1.807) is 6.33 Å². The average molecular weight is 256 g/mol. The maximum Gasteiger partial charge on any atom is 0.226 e. The van der Waals surface area contributed by atoms with E-state index in [2.05, 4.69) is 25.3 Å². The fourth-order valence-electron chi connectivity index (χ4n) is 1.61. The highest BCUT2D eigenvalue weighted by Crippen LogP contribution is 2.19. The van der Waals surface area contributed by atoms with Crippen LogP contribution in [0.3, 0.4) is 0 Å². The highest BCUT2D eigenvalue weighted by molar-refractivity contribution is 6.28. The van der Waals surface area contributed by atoms with Crippen molar-refractivity contribution in [3.63, 3.8) is 0 Å². The first kappa shape index (κ1) is 12.1. The molecule has 17 heavy (non-hydrogen) atoms. The Balaban J connectivity index is 2.19. The monoisotopic (exact) mass is 255 g/mol. The van der Waals surface area contributed by atoms with Crippen molar-refractivity contribution in [2.75, 3.05) is 11.9 Å². The highest BCUT2D eigenvalue weighted by atomic mass is 35.5. The molecule has 0 aliphatic heterocycles. The Labute approximate surface area is 103 Å².